The molecule has 1 fully saturated rings. The Morgan fingerprint density at radius 1 is 0.976 bits per heavy atom. The van der Waals surface area contributed by atoms with Crippen molar-refractivity contribution in [3.8, 4) is 0 Å². The summed E-state index contributed by atoms with van der Waals surface area (Å²) in [6.07, 6.45) is -1.01. The number of likely N-dealkylation sites (tertiary alicyclic amines) is 1. The number of carbonyl (C=O) groups is 4. The number of aliphatic hydroxyl groups is 1. The molecule has 3 amide bonds. The van der Waals surface area contributed by atoms with Crippen LogP contribution in [-0.4, -0.2) is 80.8 Å². The normalized spacial score (nSPS) is 19.9. The first-order chi connectivity index (χ1) is 19.3. The number of ether oxygens (including phenoxy) is 1. The molecule has 0 radical (unpaired) electrons. The molecule has 1 saturated heterocycles. The summed E-state index contributed by atoms with van der Waals surface area (Å²) < 4.78 is 5.65. The molecule has 0 spiro atoms. The summed E-state index contributed by atoms with van der Waals surface area (Å²) in [4.78, 5) is 55.7. The zero-order valence-corrected chi connectivity index (χ0v) is 24.0. The molecule has 2 heterocycles. The highest BCUT2D eigenvalue weighted by Gasteiger charge is 2.47. The minimum atomic E-state index is -1.47. The van der Waals surface area contributed by atoms with Gasteiger partial charge in [-0.25, -0.2) is 9.59 Å². The Balaban J connectivity index is 1.58. The third-order valence-electron chi connectivity index (χ3n) is 7.89. The fraction of sp³-hybridized carbons (Fsp3) is 0.484. The maximum absolute atomic E-state index is 14.0. The van der Waals surface area contributed by atoms with Crippen LogP contribution < -0.4 is 5.32 Å². The van der Waals surface area contributed by atoms with E-state index >= 15 is 0 Å². The number of rotatable bonds is 6. The number of nitrogens with zero attached hydrogens (tertiary/aromatic N) is 2. The van der Waals surface area contributed by atoms with Gasteiger partial charge in [0.25, 0.3) is 0 Å². The maximum Gasteiger partial charge on any atom is 0.411 e. The summed E-state index contributed by atoms with van der Waals surface area (Å²) in [5.41, 5.74) is 0.853. The molecule has 0 aromatic heterocycles. The Morgan fingerprint density at radius 3 is 2.12 bits per heavy atom. The third-order valence-corrected chi connectivity index (χ3v) is 7.89. The van der Waals surface area contributed by atoms with Crippen LogP contribution in [0.25, 0.3) is 0 Å². The van der Waals surface area contributed by atoms with Crippen molar-refractivity contribution in [3.63, 3.8) is 0 Å². The lowest BCUT2D eigenvalue weighted by Gasteiger charge is -2.44. The van der Waals surface area contributed by atoms with Gasteiger partial charge in [0.05, 0.1) is 18.1 Å². The average Bonchev–Trinajstić information content (AvgIpc) is 2.94. The van der Waals surface area contributed by atoms with Gasteiger partial charge in [-0.2, -0.15) is 0 Å². The predicted molar refractivity (Wildman–Crippen MR) is 151 cm³/mol. The number of hydrogen-bond acceptors (Lipinski definition) is 6. The van der Waals surface area contributed by atoms with Gasteiger partial charge in [0.1, 0.15) is 11.6 Å². The van der Waals surface area contributed by atoms with Gasteiger partial charge in [-0.3, -0.25) is 14.5 Å². The van der Waals surface area contributed by atoms with Gasteiger partial charge in [-0.05, 0) is 57.2 Å². The van der Waals surface area contributed by atoms with E-state index in [1.165, 1.54) is 11.8 Å². The zero-order valence-electron chi connectivity index (χ0n) is 24.0. The van der Waals surface area contributed by atoms with Gasteiger partial charge < -0.3 is 25.2 Å². The quantitative estimate of drug-likeness (QED) is 0.490. The number of carboxylic acid groups (broad SMARTS) is 1. The topological polar surface area (TPSA) is 136 Å². The summed E-state index contributed by atoms with van der Waals surface area (Å²) in [6, 6.07) is 14.6. The largest absolute Gasteiger partial charge is 0.480 e. The minimum absolute atomic E-state index is 0.222. The minimum Gasteiger partial charge on any atom is -0.480 e. The van der Waals surface area contributed by atoms with E-state index in [-0.39, 0.29) is 38.4 Å². The number of carbonyl (C=O) groups excluding carboxylic acids is 3. The Morgan fingerprint density at radius 2 is 1.56 bits per heavy atom. The smallest absolute Gasteiger partial charge is 0.411 e. The van der Waals surface area contributed by atoms with Gasteiger partial charge in [0.2, 0.25) is 11.8 Å². The summed E-state index contributed by atoms with van der Waals surface area (Å²) >= 11 is 0. The van der Waals surface area contributed by atoms with E-state index in [1.54, 1.807) is 25.7 Å². The molecule has 2 aliphatic rings. The lowest BCUT2D eigenvalue weighted by atomic mass is 9.71. The van der Waals surface area contributed by atoms with Crippen molar-refractivity contribution in [3.05, 3.63) is 71.3 Å². The van der Waals surface area contributed by atoms with Crippen molar-refractivity contribution < 1.29 is 34.1 Å². The average molecular weight is 566 g/mol. The molecule has 4 rings (SSSR count). The number of aliphatic hydroxyl groups excluding tert-OH is 1. The van der Waals surface area contributed by atoms with E-state index in [0.29, 0.717) is 12.0 Å². The van der Waals surface area contributed by atoms with Crippen molar-refractivity contribution in [1.82, 2.24) is 15.1 Å². The molecule has 3 N–H and O–H groups in total. The van der Waals surface area contributed by atoms with Crippen LogP contribution in [0.15, 0.2) is 54.6 Å². The fourth-order valence-corrected chi connectivity index (χ4v) is 5.65. The Hall–Kier alpha value is -3.92. The molecule has 10 heteroatoms. The van der Waals surface area contributed by atoms with E-state index in [0.717, 1.165) is 11.1 Å². The third kappa shape index (κ3) is 6.53. The summed E-state index contributed by atoms with van der Waals surface area (Å²) in [5.74, 6) is -2.06. The van der Waals surface area contributed by atoms with Crippen LogP contribution in [0.5, 0.6) is 0 Å². The monoisotopic (exact) mass is 565 g/mol. The van der Waals surface area contributed by atoms with Crippen molar-refractivity contribution in [2.75, 3.05) is 13.1 Å². The van der Waals surface area contributed by atoms with Crippen LogP contribution in [0.1, 0.15) is 57.2 Å². The fourth-order valence-electron chi connectivity index (χ4n) is 5.65. The second-order valence-corrected chi connectivity index (χ2v) is 11.9. The molecular formula is C31H39N3O7. The van der Waals surface area contributed by atoms with E-state index in [9.17, 15) is 29.4 Å². The molecule has 0 aliphatic carbocycles. The number of aliphatic carboxylic acids is 1. The van der Waals surface area contributed by atoms with Crippen LogP contribution in [0.4, 0.5) is 4.79 Å². The van der Waals surface area contributed by atoms with Crippen LogP contribution in [0.3, 0.4) is 0 Å². The maximum atomic E-state index is 14.0. The number of carboxylic acids is 1. The number of fused-ring (bicyclic) bond motifs is 1. The Labute approximate surface area is 240 Å². The second kappa shape index (κ2) is 11.9. The number of nitrogens with one attached hydrogen (secondary N) is 1. The first-order valence-corrected chi connectivity index (χ1v) is 13.9. The Kier molecular flexibility index (Phi) is 8.72. The second-order valence-electron chi connectivity index (χ2n) is 11.9. The highest BCUT2D eigenvalue weighted by Crippen LogP contribution is 2.37. The highest BCUT2D eigenvalue weighted by molar-refractivity contribution is 5.92. The summed E-state index contributed by atoms with van der Waals surface area (Å²) in [7, 11) is 0. The molecule has 2 aliphatic heterocycles. The first kappa shape index (κ1) is 30.0. The summed E-state index contributed by atoms with van der Waals surface area (Å²) in [5, 5.41) is 22.0. The van der Waals surface area contributed by atoms with E-state index < -0.39 is 47.2 Å². The van der Waals surface area contributed by atoms with Crippen molar-refractivity contribution >= 4 is 23.9 Å². The predicted octanol–water partition coefficient (Wildman–Crippen LogP) is 2.86. The molecule has 220 valence electrons. The van der Waals surface area contributed by atoms with Crippen LogP contribution in [0.2, 0.25) is 0 Å². The number of hydrogen-bond donors (Lipinski definition) is 3. The van der Waals surface area contributed by atoms with Gasteiger partial charge in [0.15, 0.2) is 6.04 Å². The van der Waals surface area contributed by atoms with E-state index in [2.05, 4.69) is 5.32 Å². The van der Waals surface area contributed by atoms with Gasteiger partial charge in [-0.15, -0.1) is 0 Å². The zero-order chi connectivity index (χ0) is 29.9. The number of piperidine rings is 1. The van der Waals surface area contributed by atoms with Crippen LogP contribution in [0, 0.1) is 0 Å². The lowest BCUT2D eigenvalue weighted by Crippen LogP contribution is -2.60. The SMILES string of the molecule is C[C@@H](O)[C@@H](NC(=O)C1(c2ccccc2)CCN(C(=O)[C@H]2Cc3ccccc3CN2C(=O)OC(C)(C)C)CC1)C(=O)O. The first-order valence-electron chi connectivity index (χ1n) is 13.9. The molecule has 10 nitrogen and oxygen atoms in total. The van der Waals surface area contributed by atoms with Gasteiger partial charge in [-0.1, -0.05) is 54.6 Å². The lowest BCUT2D eigenvalue weighted by molar-refractivity contribution is -0.147. The molecule has 2 aromatic rings. The number of benzene rings is 2. The Bertz CT molecular complexity index is 1280. The van der Waals surface area contributed by atoms with Crippen LogP contribution >= 0.6 is 0 Å². The molecule has 2 aromatic carbocycles. The summed E-state index contributed by atoms with van der Waals surface area (Å²) in [6.45, 7) is 7.37. The molecule has 0 unspecified atom stereocenters. The standard InChI is InChI=1S/C31H39N3O7/c1-20(35)25(27(37)38)32-28(39)31(23-12-6-5-7-13-23)14-16-33(17-15-31)26(36)24-18-21-10-8-9-11-22(21)19-34(24)29(40)41-30(2,3)4/h5-13,20,24-25,35H,14-19H2,1-4H3,(H,32,39)(H,37,38)/t20-,24-,25-/m1/s1. The highest BCUT2D eigenvalue weighted by atomic mass is 16.6. The van der Waals surface area contributed by atoms with Crippen molar-refractivity contribution in [1.29, 1.82) is 0 Å². The van der Waals surface area contributed by atoms with Crippen molar-refractivity contribution in [2.24, 2.45) is 0 Å². The molecular weight excluding hydrogens is 526 g/mol. The molecule has 0 bridgehead atoms. The molecule has 3 atom stereocenters. The number of amides is 3. The van der Waals surface area contributed by atoms with Gasteiger partial charge >= 0.3 is 12.1 Å². The van der Waals surface area contributed by atoms with E-state index in [1.807, 2.05) is 54.6 Å². The van der Waals surface area contributed by atoms with Gasteiger partial charge in [0, 0.05) is 19.5 Å². The van der Waals surface area contributed by atoms with Crippen LogP contribution in [-0.2, 0) is 37.5 Å². The molecule has 0 saturated carbocycles. The molecule has 41 heavy (non-hydrogen) atoms. The van der Waals surface area contributed by atoms with Crippen molar-refractivity contribution in [2.45, 2.75) is 82.7 Å². The van der Waals surface area contributed by atoms with E-state index in [4.69, 9.17) is 4.74 Å².